The Bertz CT molecular complexity index is 406. The quantitative estimate of drug-likeness (QED) is 0.617. The van der Waals surface area contributed by atoms with Gasteiger partial charge >= 0.3 is 6.03 Å². The zero-order valence-electron chi connectivity index (χ0n) is 14.1. The summed E-state index contributed by atoms with van der Waals surface area (Å²) in [5.74, 6) is -0.416. The molecule has 22 heavy (non-hydrogen) atoms. The number of amides is 4. The van der Waals surface area contributed by atoms with E-state index < -0.39 is 12.1 Å². The smallest absolute Gasteiger partial charge is 0.321 e. The molecule has 0 aromatic carbocycles. The van der Waals surface area contributed by atoms with E-state index in [0.717, 1.165) is 30.6 Å². The zero-order valence-corrected chi connectivity index (χ0v) is 14.1. The molecule has 7 heteroatoms. The van der Waals surface area contributed by atoms with Crippen LogP contribution in [0.1, 0.15) is 39.0 Å². The second-order valence-electron chi connectivity index (χ2n) is 6.33. The first-order valence-electron chi connectivity index (χ1n) is 7.95. The Morgan fingerprint density at radius 2 is 1.77 bits per heavy atom. The molecule has 0 heterocycles. The standard InChI is InChI=1S/C15H28N4O3/c1-11(19(4)10-13(20)18(2)3)14(21)17-15(22)16-12-8-6-5-7-9-12/h11-12H,5-10H2,1-4H3,(H2,16,17,21,22)/p+1/t11-/m1/s1. The summed E-state index contributed by atoms with van der Waals surface area (Å²) in [7, 11) is 5.13. The van der Waals surface area contributed by atoms with E-state index >= 15 is 0 Å². The summed E-state index contributed by atoms with van der Waals surface area (Å²) in [5, 5.41) is 5.22. The van der Waals surface area contributed by atoms with Crippen molar-refractivity contribution in [1.29, 1.82) is 0 Å². The summed E-state index contributed by atoms with van der Waals surface area (Å²) in [6, 6.07) is -0.742. The molecule has 1 saturated carbocycles. The fourth-order valence-electron chi connectivity index (χ4n) is 2.46. The van der Waals surface area contributed by atoms with Crippen molar-refractivity contribution >= 4 is 17.8 Å². The lowest BCUT2D eigenvalue weighted by molar-refractivity contribution is -0.886. The molecule has 7 nitrogen and oxygen atoms in total. The normalized spacial score (nSPS) is 18.2. The van der Waals surface area contributed by atoms with Crippen molar-refractivity contribution in [2.75, 3.05) is 27.7 Å². The molecule has 126 valence electrons. The van der Waals surface area contributed by atoms with Crippen LogP contribution in [-0.4, -0.2) is 62.5 Å². The van der Waals surface area contributed by atoms with Crippen LogP contribution in [0.4, 0.5) is 4.79 Å². The Kier molecular flexibility index (Phi) is 7.31. The number of rotatable bonds is 5. The van der Waals surface area contributed by atoms with Crippen LogP contribution in [0.25, 0.3) is 0 Å². The number of imide groups is 1. The predicted molar refractivity (Wildman–Crippen MR) is 83.5 cm³/mol. The van der Waals surface area contributed by atoms with Crippen molar-refractivity contribution in [3.63, 3.8) is 0 Å². The van der Waals surface area contributed by atoms with E-state index in [2.05, 4.69) is 10.6 Å². The van der Waals surface area contributed by atoms with Gasteiger partial charge in [0.25, 0.3) is 11.8 Å². The van der Waals surface area contributed by atoms with Crippen LogP contribution >= 0.6 is 0 Å². The average Bonchev–Trinajstić information content (AvgIpc) is 2.46. The molecule has 0 aromatic rings. The van der Waals surface area contributed by atoms with Crippen LogP contribution in [0.2, 0.25) is 0 Å². The van der Waals surface area contributed by atoms with Crippen LogP contribution in [0.3, 0.4) is 0 Å². The Balaban J connectivity index is 2.38. The summed E-state index contributed by atoms with van der Waals surface area (Å²) in [6.45, 7) is 1.92. The lowest BCUT2D eigenvalue weighted by Crippen LogP contribution is -3.15. The highest BCUT2D eigenvalue weighted by Crippen LogP contribution is 2.17. The topological polar surface area (TPSA) is 83.0 Å². The van der Waals surface area contributed by atoms with Crippen molar-refractivity contribution in [2.24, 2.45) is 0 Å². The van der Waals surface area contributed by atoms with Gasteiger partial charge in [0, 0.05) is 20.1 Å². The molecule has 1 rings (SSSR count). The molecule has 1 aliphatic rings. The minimum absolute atomic E-state index is 0.0520. The number of hydrogen-bond donors (Lipinski definition) is 3. The number of nitrogens with one attached hydrogen (secondary N) is 3. The molecule has 4 amide bonds. The highest BCUT2D eigenvalue weighted by Gasteiger charge is 2.26. The third-order valence-electron chi connectivity index (χ3n) is 4.24. The predicted octanol–water partition coefficient (Wildman–Crippen LogP) is -0.864. The number of urea groups is 1. The summed E-state index contributed by atoms with van der Waals surface area (Å²) in [5.41, 5.74) is 0. The van der Waals surface area contributed by atoms with Gasteiger partial charge in [-0.15, -0.1) is 0 Å². The third-order valence-corrected chi connectivity index (χ3v) is 4.24. The van der Waals surface area contributed by atoms with Gasteiger partial charge in [0.15, 0.2) is 12.6 Å². The maximum absolute atomic E-state index is 12.1. The maximum Gasteiger partial charge on any atom is 0.321 e. The third kappa shape index (κ3) is 6.01. The van der Waals surface area contributed by atoms with Gasteiger partial charge in [0.1, 0.15) is 0 Å². The first-order chi connectivity index (χ1) is 10.3. The molecule has 0 aliphatic heterocycles. The summed E-state index contributed by atoms with van der Waals surface area (Å²) in [4.78, 5) is 37.8. The zero-order chi connectivity index (χ0) is 16.7. The lowest BCUT2D eigenvalue weighted by Gasteiger charge is -2.24. The second-order valence-corrected chi connectivity index (χ2v) is 6.33. The van der Waals surface area contributed by atoms with Crippen LogP contribution in [0, 0.1) is 0 Å². The van der Waals surface area contributed by atoms with E-state index in [4.69, 9.17) is 0 Å². The number of likely N-dealkylation sites (N-methyl/N-ethyl adjacent to an activating group) is 2. The largest absolute Gasteiger partial charge is 0.344 e. The molecule has 1 aliphatic carbocycles. The maximum atomic E-state index is 12.1. The first kappa shape index (κ1) is 18.4. The highest BCUT2D eigenvalue weighted by molar-refractivity contribution is 5.96. The summed E-state index contributed by atoms with van der Waals surface area (Å²) >= 11 is 0. The van der Waals surface area contributed by atoms with Crippen LogP contribution in [-0.2, 0) is 9.59 Å². The van der Waals surface area contributed by atoms with E-state index in [1.807, 2.05) is 0 Å². The fourth-order valence-corrected chi connectivity index (χ4v) is 2.46. The number of hydrogen-bond acceptors (Lipinski definition) is 3. The van der Waals surface area contributed by atoms with Crippen LogP contribution in [0.15, 0.2) is 0 Å². The van der Waals surface area contributed by atoms with Gasteiger partial charge in [-0.3, -0.25) is 14.9 Å². The molecule has 0 aromatic heterocycles. The van der Waals surface area contributed by atoms with E-state index in [1.165, 1.54) is 11.3 Å². The van der Waals surface area contributed by atoms with Crippen LogP contribution in [0.5, 0.6) is 0 Å². The lowest BCUT2D eigenvalue weighted by atomic mass is 9.96. The second kappa shape index (κ2) is 8.73. The summed E-state index contributed by atoms with van der Waals surface area (Å²) in [6.07, 6.45) is 5.40. The minimum Gasteiger partial charge on any atom is -0.344 e. The van der Waals surface area contributed by atoms with Crippen molar-refractivity contribution in [3.05, 3.63) is 0 Å². The van der Waals surface area contributed by atoms with Gasteiger partial charge in [-0.25, -0.2) is 4.79 Å². The molecule has 3 N–H and O–H groups in total. The summed E-state index contributed by atoms with van der Waals surface area (Å²) < 4.78 is 0. The van der Waals surface area contributed by atoms with Crippen molar-refractivity contribution in [3.8, 4) is 0 Å². The first-order valence-corrected chi connectivity index (χ1v) is 7.95. The van der Waals surface area contributed by atoms with Gasteiger partial charge in [-0.2, -0.15) is 0 Å². The van der Waals surface area contributed by atoms with Gasteiger partial charge in [-0.1, -0.05) is 19.3 Å². The number of quaternary nitrogens is 1. The van der Waals surface area contributed by atoms with Crippen molar-refractivity contribution < 1.29 is 19.3 Å². The van der Waals surface area contributed by atoms with E-state index in [1.54, 1.807) is 28.1 Å². The van der Waals surface area contributed by atoms with Gasteiger partial charge in [0.05, 0.1) is 7.05 Å². The number of carbonyl (C=O) groups excluding carboxylic acids is 3. The fraction of sp³-hybridized carbons (Fsp3) is 0.800. The Morgan fingerprint density at radius 3 is 2.32 bits per heavy atom. The number of nitrogens with zero attached hydrogens (tertiary/aromatic N) is 1. The molecular weight excluding hydrogens is 284 g/mol. The van der Waals surface area contributed by atoms with E-state index in [9.17, 15) is 14.4 Å². The van der Waals surface area contributed by atoms with Crippen LogP contribution < -0.4 is 15.5 Å². The van der Waals surface area contributed by atoms with Gasteiger partial charge in [-0.05, 0) is 19.8 Å². The molecule has 1 unspecified atom stereocenters. The SMILES string of the molecule is C[C@H](C(=O)NC(=O)NC1CCCCC1)[NH+](C)CC(=O)N(C)C. The number of carbonyl (C=O) groups is 3. The Labute approximate surface area is 132 Å². The Hall–Kier alpha value is -1.63. The van der Waals surface area contributed by atoms with Crippen molar-refractivity contribution in [2.45, 2.75) is 51.1 Å². The molecule has 0 saturated heterocycles. The monoisotopic (exact) mass is 313 g/mol. The molecule has 0 bridgehead atoms. The molecule has 0 spiro atoms. The molecule has 0 radical (unpaired) electrons. The van der Waals surface area contributed by atoms with Crippen molar-refractivity contribution in [1.82, 2.24) is 15.5 Å². The minimum atomic E-state index is -0.471. The van der Waals surface area contributed by atoms with Gasteiger partial charge in [0.2, 0.25) is 0 Å². The van der Waals surface area contributed by atoms with E-state index in [0.29, 0.717) is 0 Å². The van der Waals surface area contributed by atoms with Gasteiger partial charge < -0.3 is 15.1 Å². The van der Waals surface area contributed by atoms with E-state index in [-0.39, 0.29) is 24.4 Å². The highest BCUT2D eigenvalue weighted by atomic mass is 16.2. The molecule has 1 fully saturated rings. The molecule has 2 atom stereocenters. The molecular formula is C15H29N4O3+. The Morgan fingerprint density at radius 1 is 1.18 bits per heavy atom. The average molecular weight is 313 g/mol.